The highest BCUT2D eigenvalue weighted by molar-refractivity contribution is 5.96. The lowest BCUT2D eigenvalue weighted by Gasteiger charge is -2.27. The van der Waals surface area contributed by atoms with E-state index in [-0.39, 0.29) is 11.8 Å². The second kappa shape index (κ2) is 6.20. The summed E-state index contributed by atoms with van der Waals surface area (Å²) in [7, 11) is 4.82. The van der Waals surface area contributed by atoms with Crippen LogP contribution in [0.5, 0.6) is 17.2 Å². The number of hydrogen-bond acceptors (Lipinski definition) is 4. The Kier molecular flexibility index (Phi) is 4.10. The number of nitrogens with one attached hydrogen (secondary N) is 1. The molecule has 0 aliphatic carbocycles. The number of anilines is 1. The summed E-state index contributed by atoms with van der Waals surface area (Å²) in [6, 6.07) is 11.5. The lowest BCUT2D eigenvalue weighted by Crippen LogP contribution is -2.23. The highest BCUT2D eigenvalue weighted by atomic mass is 16.5. The van der Waals surface area contributed by atoms with E-state index < -0.39 is 0 Å². The molecule has 2 aromatic carbocycles. The first-order chi connectivity index (χ1) is 11.2. The lowest BCUT2D eigenvalue weighted by molar-refractivity contribution is -0.116. The standard InChI is InChI=1S/C18H19NO4/c1-21-12-6-4-11(5-7-12)13-9-18(20)19-15-10-17(23-3)16(22-2)8-14(13)15/h4-8,10,13H,9H2,1-3H3,(H,19,20)/t13-/m0/s1. The zero-order chi connectivity index (χ0) is 16.4. The number of carbonyl (C=O) groups is 1. The van der Waals surface area contributed by atoms with E-state index in [9.17, 15) is 4.79 Å². The number of carbonyl (C=O) groups excluding carboxylic acids is 1. The summed E-state index contributed by atoms with van der Waals surface area (Å²) in [6.45, 7) is 0. The van der Waals surface area contributed by atoms with Crippen LogP contribution < -0.4 is 19.5 Å². The molecule has 1 atom stereocenters. The molecule has 23 heavy (non-hydrogen) atoms. The average Bonchev–Trinajstić information content (AvgIpc) is 2.59. The minimum Gasteiger partial charge on any atom is -0.497 e. The molecule has 5 heteroatoms. The Morgan fingerprint density at radius 2 is 1.61 bits per heavy atom. The van der Waals surface area contributed by atoms with Gasteiger partial charge in [0.1, 0.15) is 5.75 Å². The molecule has 1 N–H and O–H groups in total. The van der Waals surface area contributed by atoms with Gasteiger partial charge in [-0.3, -0.25) is 4.79 Å². The van der Waals surface area contributed by atoms with Gasteiger partial charge in [-0.2, -0.15) is 0 Å². The SMILES string of the molecule is COc1ccc([C@@H]2CC(=O)Nc3cc(OC)c(OC)cc32)cc1. The molecule has 1 amide bonds. The summed E-state index contributed by atoms with van der Waals surface area (Å²) < 4.78 is 15.9. The van der Waals surface area contributed by atoms with Crippen LogP contribution in [0.15, 0.2) is 36.4 Å². The summed E-state index contributed by atoms with van der Waals surface area (Å²) in [5.41, 5.74) is 2.85. The highest BCUT2D eigenvalue weighted by Crippen LogP contribution is 2.43. The van der Waals surface area contributed by atoms with E-state index in [4.69, 9.17) is 14.2 Å². The van der Waals surface area contributed by atoms with E-state index >= 15 is 0 Å². The van der Waals surface area contributed by atoms with Gasteiger partial charge in [0.05, 0.1) is 21.3 Å². The fraction of sp³-hybridized carbons (Fsp3) is 0.278. The van der Waals surface area contributed by atoms with Crippen molar-refractivity contribution in [2.45, 2.75) is 12.3 Å². The van der Waals surface area contributed by atoms with Crippen molar-refractivity contribution in [3.05, 3.63) is 47.5 Å². The minimum atomic E-state index is -0.0236. The Labute approximate surface area is 135 Å². The molecule has 0 spiro atoms. The van der Waals surface area contributed by atoms with Crippen LogP contribution in [-0.4, -0.2) is 27.2 Å². The molecule has 1 heterocycles. The third-order valence-corrected chi connectivity index (χ3v) is 4.11. The summed E-state index contributed by atoms with van der Waals surface area (Å²) in [5, 5.41) is 2.91. The van der Waals surface area contributed by atoms with Crippen molar-refractivity contribution < 1.29 is 19.0 Å². The monoisotopic (exact) mass is 313 g/mol. The van der Waals surface area contributed by atoms with Crippen molar-refractivity contribution in [1.82, 2.24) is 0 Å². The third kappa shape index (κ3) is 2.82. The fourth-order valence-electron chi connectivity index (χ4n) is 2.92. The van der Waals surface area contributed by atoms with Gasteiger partial charge in [0, 0.05) is 24.1 Å². The molecule has 1 aliphatic rings. The quantitative estimate of drug-likeness (QED) is 0.942. The van der Waals surface area contributed by atoms with E-state index in [1.807, 2.05) is 36.4 Å². The smallest absolute Gasteiger partial charge is 0.225 e. The van der Waals surface area contributed by atoms with Crippen LogP contribution in [0.25, 0.3) is 0 Å². The van der Waals surface area contributed by atoms with E-state index in [1.54, 1.807) is 21.3 Å². The zero-order valence-electron chi connectivity index (χ0n) is 13.4. The first-order valence-electron chi connectivity index (χ1n) is 7.36. The predicted octanol–water partition coefficient (Wildman–Crippen LogP) is 3.19. The Morgan fingerprint density at radius 3 is 2.22 bits per heavy atom. The topological polar surface area (TPSA) is 56.8 Å². The van der Waals surface area contributed by atoms with Gasteiger partial charge in [0.2, 0.25) is 5.91 Å². The number of fused-ring (bicyclic) bond motifs is 1. The maximum Gasteiger partial charge on any atom is 0.225 e. The van der Waals surface area contributed by atoms with E-state index in [1.165, 1.54) is 0 Å². The van der Waals surface area contributed by atoms with Gasteiger partial charge in [0.25, 0.3) is 0 Å². The van der Waals surface area contributed by atoms with Gasteiger partial charge < -0.3 is 19.5 Å². The highest BCUT2D eigenvalue weighted by Gasteiger charge is 2.28. The fourth-order valence-corrected chi connectivity index (χ4v) is 2.92. The average molecular weight is 313 g/mol. The molecule has 5 nitrogen and oxygen atoms in total. The van der Waals surface area contributed by atoms with Gasteiger partial charge in [-0.05, 0) is 29.3 Å². The molecule has 120 valence electrons. The number of hydrogen-bond donors (Lipinski definition) is 1. The number of rotatable bonds is 4. The number of amides is 1. The van der Waals surface area contributed by atoms with Crippen molar-refractivity contribution in [3.63, 3.8) is 0 Å². The Bertz CT molecular complexity index is 725. The Balaban J connectivity index is 2.07. The van der Waals surface area contributed by atoms with Crippen LogP contribution in [0.4, 0.5) is 5.69 Å². The van der Waals surface area contributed by atoms with Crippen molar-refractivity contribution in [2.75, 3.05) is 26.6 Å². The van der Waals surface area contributed by atoms with Crippen LogP contribution in [0.3, 0.4) is 0 Å². The molecule has 0 aromatic heterocycles. The number of ether oxygens (including phenoxy) is 3. The second-order valence-electron chi connectivity index (χ2n) is 5.37. The van der Waals surface area contributed by atoms with Crippen LogP contribution >= 0.6 is 0 Å². The molecule has 0 radical (unpaired) electrons. The van der Waals surface area contributed by atoms with Gasteiger partial charge in [-0.1, -0.05) is 12.1 Å². The van der Waals surface area contributed by atoms with E-state index in [0.717, 1.165) is 22.6 Å². The molecule has 0 saturated heterocycles. The van der Waals surface area contributed by atoms with Gasteiger partial charge in [-0.15, -0.1) is 0 Å². The van der Waals surface area contributed by atoms with E-state index in [0.29, 0.717) is 17.9 Å². The van der Waals surface area contributed by atoms with Crippen LogP contribution in [0.1, 0.15) is 23.5 Å². The maximum atomic E-state index is 12.1. The molecule has 0 fully saturated rings. The largest absolute Gasteiger partial charge is 0.497 e. The Morgan fingerprint density at radius 1 is 0.957 bits per heavy atom. The Hall–Kier alpha value is -2.69. The summed E-state index contributed by atoms with van der Waals surface area (Å²) >= 11 is 0. The first kappa shape index (κ1) is 15.2. The van der Waals surface area contributed by atoms with Gasteiger partial charge in [0.15, 0.2) is 11.5 Å². The summed E-state index contributed by atoms with van der Waals surface area (Å²) in [4.78, 5) is 12.1. The van der Waals surface area contributed by atoms with Crippen molar-refractivity contribution in [2.24, 2.45) is 0 Å². The molecule has 2 aromatic rings. The van der Waals surface area contributed by atoms with E-state index in [2.05, 4.69) is 5.32 Å². The van der Waals surface area contributed by atoms with Crippen molar-refractivity contribution >= 4 is 11.6 Å². The minimum absolute atomic E-state index is 0.00876. The molecule has 0 saturated carbocycles. The van der Waals surface area contributed by atoms with Crippen LogP contribution in [0, 0.1) is 0 Å². The first-order valence-corrected chi connectivity index (χ1v) is 7.36. The van der Waals surface area contributed by atoms with Crippen molar-refractivity contribution in [1.29, 1.82) is 0 Å². The molecular formula is C18H19NO4. The maximum absolute atomic E-state index is 12.1. The molecule has 0 bridgehead atoms. The summed E-state index contributed by atoms with van der Waals surface area (Å²) in [6.07, 6.45) is 0.398. The molecular weight excluding hydrogens is 294 g/mol. The van der Waals surface area contributed by atoms with Crippen LogP contribution in [-0.2, 0) is 4.79 Å². The predicted molar refractivity (Wildman–Crippen MR) is 87.6 cm³/mol. The third-order valence-electron chi connectivity index (χ3n) is 4.11. The lowest BCUT2D eigenvalue weighted by atomic mass is 9.84. The molecule has 3 rings (SSSR count). The normalized spacial score (nSPS) is 16.3. The van der Waals surface area contributed by atoms with Crippen molar-refractivity contribution in [3.8, 4) is 17.2 Å². The number of methoxy groups -OCH3 is 3. The number of benzene rings is 2. The zero-order valence-corrected chi connectivity index (χ0v) is 13.4. The molecule has 0 unspecified atom stereocenters. The van der Waals surface area contributed by atoms with Crippen LogP contribution in [0.2, 0.25) is 0 Å². The molecule has 1 aliphatic heterocycles. The van der Waals surface area contributed by atoms with Gasteiger partial charge in [-0.25, -0.2) is 0 Å². The second-order valence-corrected chi connectivity index (χ2v) is 5.37. The summed E-state index contributed by atoms with van der Waals surface area (Å²) in [5.74, 6) is 2.01. The van der Waals surface area contributed by atoms with Gasteiger partial charge >= 0.3 is 0 Å².